The van der Waals surface area contributed by atoms with Gasteiger partial charge < -0.3 is 4.74 Å². The summed E-state index contributed by atoms with van der Waals surface area (Å²) in [5.74, 6) is -0.822. The van der Waals surface area contributed by atoms with Crippen LogP contribution in [0, 0.1) is 0 Å². The van der Waals surface area contributed by atoms with Crippen molar-refractivity contribution >= 4 is 32.7 Å². The maximum Gasteiger partial charge on any atom is 0.416 e. The van der Waals surface area contributed by atoms with Crippen LogP contribution in [0.5, 0.6) is 0 Å². The SMILES string of the molecule is COC(=O)c1c(-c2ccccc2)c2cc(Br)ccc2c(=O)n1Cc1ccccc1C(F)(F)F. The van der Waals surface area contributed by atoms with Crippen molar-refractivity contribution < 1.29 is 22.7 Å². The summed E-state index contributed by atoms with van der Waals surface area (Å²) in [6, 6.07) is 18.8. The molecule has 3 aromatic carbocycles. The number of ether oxygens (including phenoxy) is 1. The molecule has 0 N–H and O–H groups in total. The highest BCUT2D eigenvalue weighted by molar-refractivity contribution is 9.10. The van der Waals surface area contributed by atoms with Gasteiger partial charge in [0.25, 0.3) is 5.56 Å². The zero-order valence-corrected chi connectivity index (χ0v) is 18.9. The molecule has 0 saturated carbocycles. The number of rotatable bonds is 4. The maximum absolute atomic E-state index is 13.6. The largest absolute Gasteiger partial charge is 0.464 e. The average molecular weight is 516 g/mol. The van der Waals surface area contributed by atoms with Crippen molar-refractivity contribution in [3.05, 3.63) is 104 Å². The van der Waals surface area contributed by atoms with Gasteiger partial charge in [0.05, 0.1) is 19.2 Å². The highest BCUT2D eigenvalue weighted by atomic mass is 79.9. The van der Waals surface area contributed by atoms with Crippen molar-refractivity contribution in [2.45, 2.75) is 12.7 Å². The number of carbonyl (C=O) groups excluding carboxylic acids is 1. The Kier molecular flexibility index (Phi) is 6.12. The zero-order chi connectivity index (χ0) is 23.8. The minimum Gasteiger partial charge on any atom is -0.464 e. The third-order valence-corrected chi connectivity index (χ3v) is 5.82. The fraction of sp³-hybridized carbons (Fsp3) is 0.120. The fourth-order valence-electron chi connectivity index (χ4n) is 3.88. The molecule has 168 valence electrons. The second kappa shape index (κ2) is 8.86. The molecule has 0 atom stereocenters. The monoisotopic (exact) mass is 515 g/mol. The third-order valence-electron chi connectivity index (χ3n) is 5.33. The molecule has 0 unspecified atom stereocenters. The molecule has 0 fully saturated rings. The van der Waals surface area contributed by atoms with Gasteiger partial charge in [-0.05, 0) is 40.8 Å². The summed E-state index contributed by atoms with van der Waals surface area (Å²) in [5, 5.41) is 0.760. The normalized spacial score (nSPS) is 11.5. The summed E-state index contributed by atoms with van der Waals surface area (Å²) in [4.78, 5) is 26.5. The number of benzene rings is 3. The lowest BCUT2D eigenvalue weighted by Crippen LogP contribution is -2.29. The van der Waals surface area contributed by atoms with E-state index >= 15 is 0 Å². The molecular weight excluding hydrogens is 499 g/mol. The first kappa shape index (κ1) is 22.8. The Hall–Kier alpha value is -3.39. The van der Waals surface area contributed by atoms with Crippen LogP contribution in [-0.4, -0.2) is 17.6 Å². The molecule has 4 aromatic rings. The van der Waals surface area contributed by atoms with Crippen LogP contribution in [0.3, 0.4) is 0 Å². The van der Waals surface area contributed by atoms with E-state index in [-0.39, 0.29) is 16.6 Å². The highest BCUT2D eigenvalue weighted by Crippen LogP contribution is 2.35. The first-order chi connectivity index (χ1) is 15.7. The summed E-state index contributed by atoms with van der Waals surface area (Å²) in [6.07, 6.45) is -4.62. The van der Waals surface area contributed by atoms with Crippen LogP contribution >= 0.6 is 15.9 Å². The molecule has 0 bridgehead atoms. The number of carbonyl (C=O) groups is 1. The molecule has 0 aliphatic carbocycles. The number of pyridine rings is 1. The smallest absolute Gasteiger partial charge is 0.416 e. The second-order valence-corrected chi connectivity index (χ2v) is 8.23. The molecule has 0 radical (unpaired) electrons. The van der Waals surface area contributed by atoms with Crippen LogP contribution in [0.4, 0.5) is 13.2 Å². The Morgan fingerprint density at radius 3 is 2.30 bits per heavy atom. The van der Waals surface area contributed by atoms with Crippen LogP contribution < -0.4 is 5.56 Å². The molecular formula is C25H17BrF3NO3. The van der Waals surface area contributed by atoms with E-state index in [1.165, 1.54) is 25.3 Å². The summed E-state index contributed by atoms with van der Waals surface area (Å²) >= 11 is 3.40. The lowest BCUT2D eigenvalue weighted by Gasteiger charge is -2.20. The van der Waals surface area contributed by atoms with Gasteiger partial charge in [-0.25, -0.2) is 4.79 Å². The lowest BCUT2D eigenvalue weighted by atomic mass is 9.96. The van der Waals surface area contributed by atoms with Crippen LogP contribution in [0.25, 0.3) is 21.9 Å². The Bertz CT molecular complexity index is 1410. The Balaban J connectivity index is 2.12. The molecule has 33 heavy (non-hydrogen) atoms. The Labute approximate surface area is 195 Å². The molecule has 4 rings (SSSR count). The standard InChI is InChI=1S/C25H17BrF3NO3/c1-33-24(32)22-21(15-7-3-2-4-8-15)19-13-17(26)11-12-18(19)23(31)30(22)14-16-9-5-6-10-20(16)25(27,28)29/h2-13H,14H2,1H3. The van der Waals surface area contributed by atoms with E-state index in [4.69, 9.17) is 4.74 Å². The van der Waals surface area contributed by atoms with Gasteiger partial charge in [0.1, 0.15) is 5.69 Å². The number of nitrogens with zero attached hydrogens (tertiary/aromatic N) is 1. The number of aromatic nitrogens is 1. The summed E-state index contributed by atoms with van der Waals surface area (Å²) in [7, 11) is 1.17. The summed E-state index contributed by atoms with van der Waals surface area (Å²) < 4.78 is 47.6. The van der Waals surface area contributed by atoms with E-state index in [2.05, 4.69) is 15.9 Å². The quantitative estimate of drug-likeness (QED) is 0.300. The number of methoxy groups -OCH3 is 1. The molecule has 0 saturated heterocycles. The predicted molar refractivity (Wildman–Crippen MR) is 123 cm³/mol. The second-order valence-electron chi connectivity index (χ2n) is 7.32. The van der Waals surface area contributed by atoms with Gasteiger partial charge in [-0.1, -0.05) is 64.5 Å². The van der Waals surface area contributed by atoms with Crippen molar-refractivity contribution in [1.29, 1.82) is 0 Å². The Morgan fingerprint density at radius 2 is 1.64 bits per heavy atom. The molecule has 1 aromatic heterocycles. The van der Waals surface area contributed by atoms with Gasteiger partial charge >= 0.3 is 12.1 Å². The molecule has 0 aliphatic rings. The first-order valence-corrected chi connectivity index (χ1v) is 10.7. The molecule has 8 heteroatoms. The van der Waals surface area contributed by atoms with E-state index in [9.17, 15) is 22.8 Å². The van der Waals surface area contributed by atoms with Gasteiger partial charge in [-0.2, -0.15) is 13.2 Å². The van der Waals surface area contributed by atoms with E-state index in [1.807, 2.05) is 0 Å². The molecule has 1 heterocycles. The van der Waals surface area contributed by atoms with E-state index in [0.29, 0.717) is 21.0 Å². The number of fused-ring (bicyclic) bond motifs is 1. The summed E-state index contributed by atoms with van der Waals surface area (Å²) in [6.45, 7) is -0.454. The topological polar surface area (TPSA) is 48.3 Å². The van der Waals surface area contributed by atoms with Crippen LogP contribution in [0.1, 0.15) is 21.6 Å². The van der Waals surface area contributed by atoms with Gasteiger partial charge in [-0.15, -0.1) is 0 Å². The van der Waals surface area contributed by atoms with E-state index in [1.54, 1.807) is 48.5 Å². The van der Waals surface area contributed by atoms with E-state index in [0.717, 1.165) is 10.6 Å². The van der Waals surface area contributed by atoms with Crippen molar-refractivity contribution in [3.63, 3.8) is 0 Å². The molecule has 0 amide bonds. The van der Waals surface area contributed by atoms with Gasteiger partial charge in [0, 0.05) is 15.4 Å². The van der Waals surface area contributed by atoms with Gasteiger partial charge in [-0.3, -0.25) is 9.36 Å². The van der Waals surface area contributed by atoms with Crippen molar-refractivity contribution in [2.24, 2.45) is 0 Å². The first-order valence-electron chi connectivity index (χ1n) is 9.87. The summed E-state index contributed by atoms with van der Waals surface area (Å²) in [5.41, 5.74) is -0.676. The maximum atomic E-state index is 13.6. The van der Waals surface area contributed by atoms with Crippen LogP contribution in [0.2, 0.25) is 0 Å². The van der Waals surface area contributed by atoms with Gasteiger partial charge in [0.2, 0.25) is 0 Å². The van der Waals surface area contributed by atoms with Gasteiger partial charge in [0.15, 0.2) is 0 Å². The van der Waals surface area contributed by atoms with Crippen molar-refractivity contribution in [3.8, 4) is 11.1 Å². The minimum atomic E-state index is -4.62. The fourth-order valence-corrected chi connectivity index (χ4v) is 4.24. The van der Waals surface area contributed by atoms with Crippen LogP contribution in [-0.2, 0) is 17.5 Å². The third kappa shape index (κ3) is 4.30. The molecule has 0 spiro atoms. The average Bonchev–Trinajstić information content (AvgIpc) is 2.80. The number of halogens is 4. The lowest BCUT2D eigenvalue weighted by molar-refractivity contribution is -0.138. The van der Waals surface area contributed by atoms with Crippen molar-refractivity contribution in [2.75, 3.05) is 7.11 Å². The number of esters is 1. The number of hydrogen-bond donors (Lipinski definition) is 0. The Morgan fingerprint density at radius 1 is 0.970 bits per heavy atom. The highest BCUT2D eigenvalue weighted by Gasteiger charge is 2.34. The van der Waals surface area contributed by atoms with Crippen molar-refractivity contribution in [1.82, 2.24) is 4.57 Å². The minimum absolute atomic E-state index is 0.115. The van der Waals surface area contributed by atoms with E-state index < -0.39 is 29.8 Å². The van der Waals surface area contributed by atoms with Crippen LogP contribution in [0.15, 0.2) is 82.1 Å². The predicted octanol–water partition coefficient (Wildman–Crippen LogP) is 6.28. The number of alkyl halides is 3. The molecule has 0 aliphatic heterocycles. The zero-order valence-electron chi connectivity index (χ0n) is 17.3. The number of hydrogen-bond acceptors (Lipinski definition) is 3. The molecule has 4 nitrogen and oxygen atoms in total.